The van der Waals surface area contributed by atoms with Gasteiger partial charge in [-0.2, -0.15) is 13.2 Å². The largest absolute Gasteiger partial charge is 0.446 e. The Hall–Kier alpha value is -2.25. The fraction of sp³-hybridized carbons (Fsp3) is 0.188. The molecule has 0 saturated heterocycles. The highest BCUT2D eigenvalue weighted by Crippen LogP contribution is 2.35. The first-order valence-electron chi connectivity index (χ1n) is 6.50. The van der Waals surface area contributed by atoms with Crippen molar-refractivity contribution in [2.75, 3.05) is 0 Å². The molecule has 3 nitrogen and oxygen atoms in total. The third kappa shape index (κ3) is 3.25. The number of halogens is 4. The normalized spacial score (nSPS) is 13.7. The van der Waals surface area contributed by atoms with Crippen LogP contribution in [0.1, 0.15) is 10.4 Å². The maximum atomic E-state index is 13.9. The molecule has 0 radical (unpaired) electrons. The fourth-order valence-electron chi connectivity index (χ4n) is 2.03. The number of carbonyl (C=O) groups excluding carboxylic acids is 1. The monoisotopic (exact) mass is 328 g/mol. The zero-order valence-corrected chi connectivity index (χ0v) is 11.6. The van der Waals surface area contributed by atoms with Gasteiger partial charge < -0.3 is 10.2 Å². The molecule has 7 heteroatoms. The summed E-state index contributed by atoms with van der Waals surface area (Å²) in [6.45, 7) is 0. The highest BCUT2D eigenvalue weighted by Gasteiger charge is 2.61. The summed E-state index contributed by atoms with van der Waals surface area (Å²) in [5.74, 6) is -6.42. The standard InChI is InChI=1S/C16H12F4O3/c17-14(15(22,23)16(18,19)20)13(21)12-9-5-4-8-11(12)10-6-2-1-3-7-10/h1-9,14,22-23H. The van der Waals surface area contributed by atoms with Crippen molar-refractivity contribution in [1.82, 2.24) is 0 Å². The van der Waals surface area contributed by atoms with E-state index in [4.69, 9.17) is 10.2 Å². The molecule has 23 heavy (non-hydrogen) atoms. The van der Waals surface area contributed by atoms with E-state index in [-0.39, 0.29) is 11.1 Å². The van der Waals surface area contributed by atoms with E-state index in [1.54, 1.807) is 30.3 Å². The Kier molecular flexibility index (Phi) is 4.53. The van der Waals surface area contributed by atoms with Crippen molar-refractivity contribution in [2.24, 2.45) is 0 Å². The second-order valence-electron chi connectivity index (χ2n) is 4.86. The van der Waals surface area contributed by atoms with Gasteiger partial charge in [0.2, 0.25) is 12.0 Å². The van der Waals surface area contributed by atoms with Gasteiger partial charge in [0, 0.05) is 5.56 Å². The summed E-state index contributed by atoms with van der Waals surface area (Å²) in [6, 6.07) is 13.6. The van der Waals surface area contributed by atoms with Crippen molar-refractivity contribution in [1.29, 1.82) is 0 Å². The Morgan fingerprint density at radius 1 is 0.913 bits per heavy atom. The zero-order valence-electron chi connectivity index (χ0n) is 11.6. The summed E-state index contributed by atoms with van der Waals surface area (Å²) < 4.78 is 51.4. The molecule has 0 saturated carbocycles. The molecular formula is C16H12F4O3. The lowest BCUT2D eigenvalue weighted by Gasteiger charge is -2.27. The van der Waals surface area contributed by atoms with Gasteiger partial charge in [-0.3, -0.25) is 4.79 Å². The molecule has 1 atom stereocenters. The van der Waals surface area contributed by atoms with Gasteiger partial charge in [-0.05, 0) is 11.1 Å². The fourth-order valence-corrected chi connectivity index (χ4v) is 2.03. The molecule has 0 aliphatic heterocycles. The highest BCUT2D eigenvalue weighted by atomic mass is 19.4. The van der Waals surface area contributed by atoms with E-state index in [0.29, 0.717) is 5.56 Å². The first-order valence-corrected chi connectivity index (χ1v) is 6.50. The minimum atomic E-state index is -5.70. The minimum Gasteiger partial charge on any atom is -0.356 e. The van der Waals surface area contributed by atoms with E-state index in [1.807, 2.05) is 0 Å². The molecule has 2 aromatic rings. The number of alkyl halides is 4. The number of ketones is 1. The van der Waals surface area contributed by atoms with Crippen molar-refractivity contribution < 1.29 is 32.6 Å². The second-order valence-corrected chi connectivity index (χ2v) is 4.86. The first kappa shape index (κ1) is 17.1. The van der Waals surface area contributed by atoms with Crippen LogP contribution in [0.4, 0.5) is 17.6 Å². The van der Waals surface area contributed by atoms with Gasteiger partial charge in [0.15, 0.2) is 0 Å². The Morgan fingerprint density at radius 2 is 1.43 bits per heavy atom. The van der Waals surface area contributed by atoms with E-state index in [1.165, 1.54) is 18.2 Å². The molecule has 0 aliphatic rings. The molecule has 0 amide bonds. The lowest BCUT2D eigenvalue weighted by molar-refractivity contribution is -0.362. The Labute approximate surface area is 128 Å². The zero-order chi connectivity index (χ0) is 17.3. The van der Waals surface area contributed by atoms with Crippen molar-refractivity contribution in [3.8, 4) is 11.1 Å². The van der Waals surface area contributed by atoms with Crippen LogP contribution in [0, 0.1) is 0 Å². The van der Waals surface area contributed by atoms with Crippen LogP contribution in [0.5, 0.6) is 0 Å². The smallest absolute Gasteiger partial charge is 0.356 e. The van der Waals surface area contributed by atoms with Crippen LogP contribution in [0.3, 0.4) is 0 Å². The van der Waals surface area contributed by atoms with Crippen molar-refractivity contribution in [3.05, 3.63) is 60.2 Å². The molecule has 2 N–H and O–H groups in total. The maximum absolute atomic E-state index is 13.9. The lowest BCUT2D eigenvalue weighted by atomic mass is 9.93. The van der Waals surface area contributed by atoms with Crippen LogP contribution in [0.2, 0.25) is 0 Å². The van der Waals surface area contributed by atoms with Crippen molar-refractivity contribution >= 4 is 5.78 Å². The third-order valence-corrected chi connectivity index (χ3v) is 3.28. The Balaban J connectivity index is 2.46. The van der Waals surface area contributed by atoms with Gasteiger partial charge in [0.1, 0.15) is 0 Å². The Morgan fingerprint density at radius 3 is 2.00 bits per heavy atom. The van der Waals surface area contributed by atoms with Crippen LogP contribution in [-0.4, -0.2) is 34.1 Å². The first-order chi connectivity index (χ1) is 10.7. The molecule has 0 bridgehead atoms. The van der Waals surface area contributed by atoms with E-state index in [2.05, 4.69) is 0 Å². The molecule has 122 valence electrons. The summed E-state index contributed by atoms with van der Waals surface area (Å²) in [4.78, 5) is 12.0. The average Bonchev–Trinajstić information content (AvgIpc) is 2.53. The summed E-state index contributed by atoms with van der Waals surface area (Å²) in [6.07, 6.45) is -9.27. The van der Waals surface area contributed by atoms with Gasteiger partial charge in [-0.15, -0.1) is 0 Å². The van der Waals surface area contributed by atoms with E-state index < -0.39 is 23.9 Å². The molecule has 0 heterocycles. The second kappa shape index (κ2) is 6.10. The lowest BCUT2D eigenvalue weighted by Crippen LogP contribution is -2.55. The SMILES string of the molecule is O=C(c1ccccc1-c1ccccc1)C(F)C(O)(O)C(F)(F)F. The van der Waals surface area contributed by atoms with Crippen LogP contribution in [-0.2, 0) is 0 Å². The van der Waals surface area contributed by atoms with Crippen LogP contribution in [0.25, 0.3) is 11.1 Å². The Bertz CT molecular complexity index is 696. The molecule has 2 rings (SSSR count). The third-order valence-electron chi connectivity index (χ3n) is 3.28. The predicted octanol–water partition coefficient (Wildman–Crippen LogP) is 3.12. The molecule has 2 aromatic carbocycles. The quantitative estimate of drug-likeness (QED) is 0.515. The summed E-state index contributed by atoms with van der Waals surface area (Å²) in [7, 11) is 0. The number of Topliss-reactive ketones (excluding diaryl/α,β-unsaturated/α-hetero) is 1. The van der Waals surface area contributed by atoms with Crippen LogP contribution >= 0.6 is 0 Å². The van der Waals surface area contributed by atoms with E-state index in [0.717, 1.165) is 6.07 Å². The maximum Gasteiger partial charge on any atom is 0.446 e. The average molecular weight is 328 g/mol. The van der Waals surface area contributed by atoms with Crippen LogP contribution in [0.15, 0.2) is 54.6 Å². The number of rotatable bonds is 4. The van der Waals surface area contributed by atoms with Crippen molar-refractivity contribution in [3.63, 3.8) is 0 Å². The molecule has 1 unspecified atom stereocenters. The molecule has 0 fully saturated rings. The minimum absolute atomic E-state index is 0.193. The predicted molar refractivity (Wildman–Crippen MR) is 74.3 cm³/mol. The summed E-state index contributed by atoms with van der Waals surface area (Å²) in [5.41, 5.74) is 0.304. The van der Waals surface area contributed by atoms with Gasteiger partial charge >= 0.3 is 12.0 Å². The van der Waals surface area contributed by atoms with E-state index >= 15 is 0 Å². The van der Waals surface area contributed by atoms with Gasteiger partial charge in [-0.1, -0.05) is 54.6 Å². The van der Waals surface area contributed by atoms with Gasteiger partial charge in [0.05, 0.1) is 0 Å². The number of aliphatic hydroxyl groups is 2. The van der Waals surface area contributed by atoms with E-state index in [9.17, 15) is 22.4 Å². The number of hydrogen-bond donors (Lipinski definition) is 2. The van der Waals surface area contributed by atoms with Crippen molar-refractivity contribution in [2.45, 2.75) is 18.1 Å². The van der Waals surface area contributed by atoms with Gasteiger partial charge in [0.25, 0.3) is 0 Å². The summed E-state index contributed by atoms with van der Waals surface area (Å²) >= 11 is 0. The number of carbonyl (C=O) groups is 1. The molecule has 0 aromatic heterocycles. The number of hydrogen-bond acceptors (Lipinski definition) is 3. The molecular weight excluding hydrogens is 316 g/mol. The highest BCUT2D eigenvalue weighted by molar-refractivity contribution is 6.05. The summed E-state index contributed by atoms with van der Waals surface area (Å²) in [5, 5.41) is 17.9. The molecule has 0 spiro atoms. The van der Waals surface area contributed by atoms with Gasteiger partial charge in [-0.25, -0.2) is 4.39 Å². The van der Waals surface area contributed by atoms with Crippen LogP contribution < -0.4 is 0 Å². The number of benzene rings is 2. The topological polar surface area (TPSA) is 57.5 Å². The molecule has 0 aliphatic carbocycles.